The SMILES string of the molecule is COc1ccc(OC)c(C2SCCN2C(=O)Nc2ccc(C)c(Cl)c2)c1. The van der Waals surface area contributed by atoms with Gasteiger partial charge in [0.25, 0.3) is 0 Å². The Morgan fingerprint density at radius 2 is 2.04 bits per heavy atom. The molecule has 2 aromatic carbocycles. The summed E-state index contributed by atoms with van der Waals surface area (Å²) in [7, 11) is 3.25. The number of urea groups is 1. The molecule has 1 fully saturated rings. The summed E-state index contributed by atoms with van der Waals surface area (Å²) in [6.07, 6.45) is 0. The van der Waals surface area contributed by atoms with Gasteiger partial charge in [-0.1, -0.05) is 17.7 Å². The number of carbonyl (C=O) groups is 1. The number of nitrogens with one attached hydrogen (secondary N) is 1. The highest BCUT2D eigenvalue weighted by Gasteiger charge is 2.33. The van der Waals surface area contributed by atoms with Crippen LogP contribution in [-0.4, -0.2) is 37.4 Å². The topological polar surface area (TPSA) is 50.8 Å². The minimum Gasteiger partial charge on any atom is -0.497 e. The molecule has 1 heterocycles. The normalized spacial score (nSPS) is 16.5. The van der Waals surface area contributed by atoms with Crippen LogP contribution < -0.4 is 14.8 Å². The number of ether oxygens (including phenoxy) is 2. The van der Waals surface area contributed by atoms with E-state index in [9.17, 15) is 4.79 Å². The molecule has 138 valence electrons. The molecule has 0 bridgehead atoms. The van der Waals surface area contributed by atoms with Crippen LogP contribution in [0.5, 0.6) is 11.5 Å². The second-order valence-electron chi connectivity index (χ2n) is 5.92. The molecule has 1 aliphatic rings. The van der Waals surface area contributed by atoms with Crippen molar-refractivity contribution in [1.82, 2.24) is 4.90 Å². The van der Waals surface area contributed by atoms with Crippen molar-refractivity contribution in [3.8, 4) is 11.5 Å². The number of carbonyl (C=O) groups excluding carboxylic acids is 1. The number of methoxy groups -OCH3 is 2. The molecule has 0 saturated carbocycles. The van der Waals surface area contributed by atoms with Crippen LogP contribution in [0.2, 0.25) is 5.02 Å². The lowest BCUT2D eigenvalue weighted by molar-refractivity contribution is 0.213. The fourth-order valence-electron chi connectivity index (χ4n) is 2.83. The maximum Gasteiger partial charge on any atom is 0.323 e. The molecule has 1 aliphatic heterocycles. The van der Waals surface area contributed by atoms with Gasteiger partial charge < -0.3 is 19.7 Å². The monoisotopic (exact) mass is 392 g/mol. The molecule has 0 aliphatic carbocycles. The maximum absolute atomic E-state index is 12.8. The second-order valence-corrected chi connectivity index (χ2v) is 7.51. The van der Waals surface area contributed by atoms with Crippen molar-refractivity contribution < 1.29 is 14.3 Å². The summed E-state index contributed by atoms with van der Waals surface area (Å²) < 4.78 is 10.8. The van der Waals surface area contributed by atoms with Crippen molar-refractivity contribution in [2.75, 3.05) is 31.8 Å². The van der Waals surface area contributed by atoms with Crippen molar-refractivity contribution in [1.29, 1.82) is 0 Å². The number of aryl methyl sites for hydroxylation is 1. The zero-order valence-electron chi connectivity index (χ0n) is 14.9. The Hall–Kier alpha value is -2.05. The zero-order valence-corrected chi connectivity index (χ0v) is 16.5. The average molecular weight is 393 g/mol. The summed E-state index contributed by atoms with van der Waals surface area (Å²) in [6, 6.07) is 11.0. The Morgan fingerprint density at radius 1 is 1.23 bits per heavy atom. The van der Waals surface area contributed by atoms with Gasteiger partial charge in [-0.25, -0.2) is 4.79 Å². The zero-order chi connectivity index (χ0) is 18.7. The first kappa shape index (κ1) is 18.7. The van der Waals surface area contributed by atoms with Gasteiger partial charge in [0.05, 0.1) is 14.2 Å². The van der Waals surface area contributed by atoms with E-state index in [1.807, 2.05) is 37.3 Å². The van der Waals surface area contributed by atoms with E-state index < -0.39 is 0 Å². The molecular weight excluding hydrogens is 372 g/mol. The molecule has 1 N–H and O–H groups in total. The van der Waals surface area contributed by atoms with Crippen molar-refractivity contribution in [2.45, 2.75) is 12.3 Å². The highest BCUT2D eigenvalue weighted by Crippen LogP contribution is 2.43. The van der Waals surface area contributed by atoms with E-state index in [0.717, 1.165) is 28.4 Å². The summed E-state index contributed by atoms with van der Waals surface area (Å²) in [5, 5.41) is 3.43. The summed E-state index contributed by atoms with van der Waals surface area (Å²) in [5.41, 5.74) is 2.57. The van der Waals surface area contributed by atoms with Gasteiger partial charge in [0.2, 0.25) is 0 Å². The van der Waals surface area contributed by atoms with Crippen LogP contribution in [0.25, 0.3) is 0 Å². The predicted octanol–water partition coefficient (Wildman–Crippen LogP) is 4.95. The Labute approximate surface area is 162 Å². The third-order valence-electron chi connectivity index (χ3n) is 4.28. The van der Waals surface area contributed by atoms with Crippen molar-refractivity contribution >= 4 is 35.1 Å². The lowest BCUT2D eigenvalue weighted by atomic mass is 10.1. The number of nitrogens with zero attached hydrogens (tertiary/aromatic N) is 1. The van der Waals surface area contributed by atoms with Crippen LogP contribution in [-0.2, 0) is 0 Å². The molecule has 26 heavy (non-hydrogen) atoms. The van der Waals surface area contributed by atoms with Gasteiger partial charge in [0, 0.05) is 28.6 Å². The second kappa shape index (κ2) is 8.10. The van der Waals surface area contributed by atoms with Crippen molar-refractivity contribution in [2.24, 2.45) is 0 Å². The lowest BCUT2D eigenvalue weighted by Crippen LogP contribution is -2.34. The molecule has 2 amide bonds. The standard InChI is InChI=1S/C19H21ClN2O3S/c1-12-4-5-13(10-16(12)20)21-19(23)22-8-9-26-18(22)15-11-14(24-2)6-7-17(15)25-3/h4-7,10-11,18H,8-9H2,1-3H3,(H,21,23). The minimum atomic E-state index is -0.162. The number of anilines is 1. The first-order valence-corrected chi connectivity index (χ1v) is 9.63. The molecule has 0 radical (unpaired) electrons. The van der Waals surface area contributed by atoms with Crippen molar-refractivity contribution in [3.63, 3.8) is 0 Å². The molecule has 1 saturated heterocycles. The molecule has 1 unspecified atom stereocenters. The van der Waals surface area contributed by atoms with Crippen LogP contribution in [0.4, 0.5) is 10.5 Å². The molecule has 2 aromatic rings. The number of hydrogen-bond donors (Lipinski definition) is 1. The molecule has 3 rings (SSSR count). The van der Waals surface area contributed by atoms with E-state index in [1.165, 1.54) is 0 Å². The first-order valence-electron chi connectivity index (χ1n) is 8.21. The number of halogens is 1. The number of rotatable bonds is 4. The Morgan fingerprint density at radius 3 is 2.73 bits per heavy atom. The molecule has 7 heteroatoms. The third kappa shape index (κ3) is 3.86. The van der Waals surface area contributed by atoms with Crippen LogP contribution in [0, 0.1) is 6.92 Å². The van der Waals surface area contributed by atoms with E-state index in [1.54, 1.807) is 36.9 Å². The predicted molar refractivity (Wildman–Crippen MR) is 107 cm³/mol. The van der Waals surface area contributed by atoms with Gasteiger partial charge in [-0.3, -0.25) is 0 Å². The number of amides is 2. The Balaban J connectivity index is 1.83. The quantitative estimate of drug-likeness (QED) is 0.800. The van der Waals surface area contributed by atoms with E-state index in [2.05, 4.69) is 5.32 Å². The van der Waals surface area contributed by atoms with Crippen LogP contribution >= 0.6 is 23.4 Å². The van der Waals surface area contributed by atoms with Gasteiger partial charge in [0.1, 0.15) is 16.9 Å². The van der Waals surface area contributed by atoms with Gasteiger partial charge >= 0.3 is 6.03 Å². The summed E-state index contributed by atoms with van der Waals surface area (Å²) in [4.78, 5) is 14.6. The highest BCUT2D eigenvalue weighted by molar-refractivity contribution is 7.99. The van der Waals surface area contributed by atoms with Gasteiger partial charge in [-0.15, -0.1) is 11.8 Å². The lowest BCUT2D eigenvalue weighted by Gasteiger charge is -2.26. The van der Waals surface area contributed by atoms with E-state index in [0.29, 0.717) is 17.3 Å². The fourth-order valence-corrected chi connectivity index (χ4v) is 4.28. The Bertz CT molecular complexity index is 815. The smallest absolute Gasteiger partial charge is 0.323 e. The average Bonchev–Trinajstić information content (AvgIpc) is 3.14. The summed E-state index contributed by atoms with van der Waals surface area (Å²) in [5.74, 6) is 2.33. The van der Waals surface area contributed by atoms with Crippen molar-refractivity contribution in [3.05, 3.63) is 52.5 Å². The van der Waals surface area contributed by atoms with Gasteiger partial charge in [-0.2, -0.15) is 0 Å². The number of benzene rings is 2. The first-order chi connectivity index (χ1) is 12.5. The van der Waals surface area contributed by atoms with E-state index in [-0.39, 0.29) is 11.4 Å². The summed E-state index contributed by atoms with van der Waals surface area (Å²) in [6.45, 7) is 2.58. The minimum absolute atomic E-state index is 0.138. The molecule has 5 nitrogen and oxygen atoms in total. The molecule has 1 atom stereocenters. The largest absolute Gasteiger partial charge is 0.497 e. The van der Waals surface area contributed by atoms with Gasteiger partial charge in [-0.05, 0) is 42.8 Å². The molecular formula is C19H21ClN2O3S. The third-order valence-corrected chi connectivity index (χ3v) is 5.93. The van der Waals surface area contributed by atoms with E-state index in [4.69, 9.17) is 21.1 Å². The van der Waals surface area contributed by atoms with Crippen LogP contribution in [0.15, 0.2) is 36.4 Å². The van der Waals surface area contributed by atoms with Crippen LogP contribution in [0.3, 0.4) is 0 Å². The van der Waals surface area contributed by atoms with Gasteiger partial charge in [0.15, 0.2) is 0 Å². The fraction of sp³-hybridized carbons (Fsp3) is 0.316. The highest BCUT2D eigenvalue weighted by atomic mass is 35.5. The number of thioether (sulfide) groups is 1. The van der Waals surface area contributed by atoms with E-state index >= 15 is 0 Å². The summed E-state index contributed by atoms with van der Waals surface area (Å²) >= 11 is 7.86. The molecule has 0 aromatic heterocycles. The van der Waals surface area contributed by atoms with Crippen LogP contribution in [0.1, 0.15) is 16.5 Å². The number of hydrogen-bond acceptors (Lipinski definition) is 4. The maximum atomic E-state index is 12.8. The Kier molecular flexibility index (Phi) is 5.84. The molecule has 0 spiro atoms.